The lowest BCUT2D eigenvalue weighted by Gasteiger charge is -1.98. The summed E-state index contributed by atoms with van der Waals surface area (Å²) >= 11 is 9.34. The fourth-order valence-electron chi connectivity index (χ4n) is 1.82. The lowest BCUT2D eigenvalue weighted by Crippen LogP contribution is -1.98. The third-order valence-electron chi connectivity index (χ3n) is 2.63. The van der Waals surface area contributed by atoms with Crippen LogP contribution >= 0.6 is 27.5 Å². The molecular formula is C11H5BrClN3O2. The van der Waals surface area contributed by atoms with Gasteiger partial charge >= 0.3 is 5.97 Å². The van der Waals surface area contributed by atoms with Gasteiger partial charge in [0.25, 0.3) is 0 Å². The molecule has 0 fully saturated rings. The molecule has 0 aliphatic carbocycles. The highest BCUT2D eigenvalue weighted by atomic mass is 79.9. The van der Waals surface area contributed by atoms with Gasteiger partial charge in [-0.05, 0) is 22.0 Å². The number of hydrogen-bond donors (Lipinski definition) is 2. The van der Waals surface area contributed by atoms with E-state index >= 15 is 0 Å². The molecule has 0 unspecified atom stereocenters. The average molecular weight is 327 g/mol. The van der Waals surface area contributed by atoms with Gasteiger partial charge in [-0.3, -0.25) is 4.98 Å². The molecule has 3 aromatic heterocycles. The first-order valence-corrected chi connectivity index (χ1v) is 6.09. The van der Waals surface area contributed by atoms with E-state index in [9.17, 15) is 4.79 Å². The van der Waals surface area contributed by atoms with Gasteiger partial charge in [-0.25, -0.2) is 9.78 Å². The van der Waals surface area contributed by atoms with Gasteiger partial charge in [0.05, 0.1) is 33.3 Å². The SMILES string of the molecule is O=C(O)c1cnc2c([nH]c3cnc(Br)cc32)c1Cl. The second kappa shape index (κ2) is 3.93. The molecule has 0 aliphatic rings. The van der Waals surface area contributed by atoms with Crippen LogP contribution in [0, 0.1) is 0 Å². The predicted molar refractivity (Wildman–Crippen MR) is 71.1 cm³/mol. The topological polar surface area (TPSA) is 78.9 Å². The number of aromatic nitrogens is 3. The first-order chi connectivity index (χ1) is 8.58. The molecule has 7 heteroatoms. The Labute approximate surface area is 114 Å². The summed E-state index contributed by atoms with van der Waals surface area (Å²) in [7, 11) is 0. The van der Waals surface area contributed by atoms with E-state index in [0.29, 0.717) is 15.6 Å². The molecule has 3 aromatic rings. The molecule has 0 bridgehead atoms. The Morgan fingerprint density at radius 3 is 2.89 bits per heavy atom. The van der Waals surface area contributed by atoms with Crippen molar-refractivity contribution in [3.63, 3.8) is 0 Å². The van der Waals surface area contributed by atoms with Gasteiger partial charge in [-0.1, -0.05) is 11.6 Å². The maximum Gasteiger partial charge on any atom is 0.338 e. The number of H-pyrrole nitrogens is 1. The molecule has 3 rings (SSSR count). The van der Waals surface area contributed by atoms with Crippen LogP contribution in [0.25, 0.3) is 21.9 Å². The molecular weight excluding hydrogens is 321 g/mol. The summed E-state index contributed by atoms with van der Waals surface area (Å²) < 4.78 is 0.677. The molecule has 0 amide bonds. The van der Waals surface area contributed by atoms with Crippen LogP contribution in [0.5, 0.6) is 0 Å². The van der Waals surface area contributed by atoms with E-state index in [-0.39, 0.29) is 10.6 Å². The number of nitrogens with zero attached hydrogens (tertiary/aromatic N) is 2. The number of carboxylic acid groups (broad SMARTS) is 1. The van der Waals surface area contributed by atoms with E-state index in [4.69, 9.17) is 16.7 Å². The molecule has 0 spiro atoms. The Balaban J connectivity index is 2.47. The summed E-state index contributed by atoms with van der Waals surface area (Å²) in [4.78, 5) is 22.2. The normalized spacial score (nSPS) is 11.2. The Bertz CT molecular complexity index is 800. The van der Waals surface area contributed by atoms with Crippen molar-refractivity contribution in [2.24, 2.45) is 0 Å². The van der Waals surface area contributed by atoms with Crippen molar-refractivity contribution in [2.75, 3.05) is 0 Å². The van der Waals surface area contributed by atoms with Crippen molar-refractivity contribution in [2.45, 2.75) is 0 Å². The monoisotopic (exact) mass is 325 g/mol. The van der Waals surface area contributed by atoms with Crippen molar-refractivity contribution in [3.8, 4) is 0 Å². The van der Waals surface area contributed by atoms with Crippen molar-refractivity contribution < 1.29 is 9.90 Å². The third kappa shape index (κ3) is 1.57. The Hall–Kier alpha value is -1.66. The van der Waals surface area contributed by atoms with E-state index in [1.807, 2.05) is 0 Å². The molecule has 3 heterocycles. The second-order valence-corrected chi connectivity index (χ2v) is 4.88. The van der Waals surface area contributed by atoms with Crippen molar-refractivity contribution in [1.29, 1.82) is 0 Å². The quantitative estimate of drug-likeness (QED) is 0.673. The Morgan fingerprint density at radius 2 is 2.17 bits per heavy atom. The molecule has 0 saturated heterocycles. The number of halogens is 2. The van der Waals surface area contributed by atoms with Gasteiger partial charge in [-0.15, -0.1) is 0 Å². The smallest absolute Gasteiger partial charge is 0.338 e. The van der Waals surface area contributed by atoms with Crippen LogP contribution in [0.4, 0.5) is 0 Å². The fourth-order valence-corrected chi connectivity index (χ4v) is 2.41. The first-order valence-electron chi connectivity index (χ1n) is 4.92. The van der Waals surface area contributed by atoms with E-state index < -0.39 is 5.97 Å². The van der Waals surface area contributed by atoms with Gasteiger partial charge in [0, 0.05) is 11.6 Å². The molecule has 0 saturated carbocycles. The van der Waals surface area contributed by atoms with Crippen molar-refractivity contribution in [3.05, 3.63) is 33.6 Å². The molecule has 5 nitrogen and oxygen atoms in total. The minimum Gasteiger partial charge on any atom is -0.478 e. The van der Waals surface area contributed by atoms with Crippen LogP contribution in [0.3, 0.4) is 0 Å². The lowest BCUT2D eigenvalue weighted by molar-refractivity contribution is 0.0697. The number of carbonyl (C=O) groups is 1. The third-order valence-corrected chi connectivity index (χ3v) is 3.46. The van der Waals surface area contributed by atoms with E-state index in [0.717, 1.165) is 10.9 Å². The summed E-state index contributed by atoms with van der Waals surface area (Å²) in [5, 5.41) is 9.98. The van der Waals surface area contributed by atoms with Gasteiger partial charge in [0.15, 0.2) is 0 Å². The van der Waals surface area contributed by atoms with Crippen LogP contribution in [0.15, 0.2) is 23.1 Å². The van der Waals surface area contributed by atoms with Crippen LogP contribution in [-0.2, 0) is 0 Å². The number of carboxylic acids is 1. The number of hydrogen-bond acceptors (Lipinski definition) is 3. The van der Waals surface area contributed by atoms with E-state index in [1.54, 1.807) is 12.3 Å². The highest BCUT2D eigenvalue weighted by molar-refractivity contribution is 9.10. The number of rotatable bonds is 1. The number of pyridine rings is 2. The Kier molecular flexibility index (Phi) is 2.49. The molecule has 0 atom stereocenters. The minimum absolute atomic E-state index is 0.0252. The predicted octanol–water partition coefficient (Wildman–Crippen LogP) is 3.23. The van der Waals surface area contributed by atoms with Crippen LogP contribution in [-0.4, -0.2) is 26.0 Å². The minimum atomic E-state index is -1.10. The zero-order valence-electron chi connectivity index (χ0n) is 8.74. The van der Waals surface area contributed by atoms with Gasteiger partial charge in [0.2, 0.25) is 0 Å². The van der Waals surface area contributed by atoms with Crippen molar-refractivity contribution in [1.82, 2.24) is 15.0 Å². The first kappa shape index (κ1) is 11.4. The number of fused-ring (bicyclic) bond motifs is 3. The molecule has 0 aliphatic heterocycles. The number of aromatic carboxylic acids is 1. The van der Waals surface area contributed by atoms with Crippen LogP contribution in [0.1, 0.15) is 10.4 Å². The molecule has 2 N–H and O–H groups in total. The maximum atomic E-state index is 11.0. The summed E-state index contributed by atoms with van der Waals surface area (Å²) in [6.07, 6.45) is 2.90. The summed E-state index contributed by atoms with van der Waals surface area (Å²) in [5.41, 5.74) is 1.86. The average Bonchev–Trinajstić information content (AvgIpc) is 2.68. The highest BCUT2D eigenvalue weighted by Gasteiger charge is 2.16. The van der Waals surface area contributed by atoms with Gasteiger partial charge in [-0.2, -0.15) is 0 Å². The fraction of sp³-hybridized carbons (Fsp3) is 0. The molecule has 90 valence electrons. The summed E-state index contributed by atoms with van der Waals surface area (Å²) in [5.74, 6) is -1.10. The maximum absolute atomic E-state index is 11.0. The number of aromatic amines is 1. The molecule has 0 radical (unpaired) electrons. The Morgan fingerprint density at radius 1 is 1.39 bits per heavy atom. The molecule has 18 heavy (non-hydrogen) atoms. The summed E-state index contributed by atoms with van der Waals surface area (Å²) in [6.45, 7) is 0. The largest absolute Gasteiger partial charge is 0.478 e. The van der Waals surface area contributed by atoms with E-state index in [1.165, 1.54) is 6.20 Å². The zero-order chi connectivity index (χ0) is 12.9. The molecule has 0 aromatic carbocycles. The van der Waals surface area contributed by atoms with Crippen molar-refractivity contribution >= 4 is 55.4 Å². The van der Waals surface area contributed by atoms with Gasteiger partial charge in [0.1, 0.15) is 4.60 Å². The van der Waals surface area contributed by atoms with E-state index in [2.05, 4.69) is 30.9 Å². The highest BCUT2D eigenvalue weighted by Crippen LogP contribution is 2.31. The number of nitrogens with one attached hydrogen (secondary N) is 1. The van der Waals surface area contributed by atoms with Crippen LogP contribution < -0.4 is 0 Å². The zero-order valence-corrected chi connectivity index (χ0v) is 11.1. The van der Waals surface area contributed by atoms with Gasteiger partial charge < -0.3 is 10.1 Å². The standard InChI is InChI=1S/C11H5BrClN3O2/c12-7-1-4-6(3-14-7)16-10-8(13)5(11(17)18)2-15-9(4)10/h1-3,16H,(H,17,18). The lowest BCUT2D eigenvalue weighted by atomic mass is 10.2. The summed E-state index contributed by atoms with van der Waals surface area (Å²) in [6, 6.07) is 1.80. The second-order valence-electron chi connectivity index (χ2n) is 3.69. The van der Waals surface area contributed by atoms with Crippen LogP contribution in [0.2, 0.25) is 5.02 Å².